The molecule has 148 valence electrons. The van der Waals surface area contributed by atoms with Crippen molar-refractivity contribution in [1.82, 2.24) is 15.5 Å². The number of halogens is 1. The maximum atomic E-state index is 12.2. The van der Waals surface area contributed by atoms with E-state index in [2.05, 4.69) is 31.4 Å². The summed E-state index contributed by atoms with van der Waals surface area (Å²) in [6.07, 6.45) is 2.96. The van der Waals surface area contributed by atoms with Gasteiger partial charge in [0, 0.05) is 32.2 Å². The number of rotatable bonds is 5. The van der Waals surface area contributed by atoms with Crippen LogP contribution in [-0.2, 0) is 4.74 Å². The fraction of sp³-hybridized carbons (Fsp3) is 0.889. The molecule has 1 heterocycles. The van der Waals surface area contributed by atoms with Crippen molar-refractivity contribution in [3.63, 3.8) is 0 Å². The van der Waals surface area contributed by atoms with E-state index in [4.69, 9.17) is 9.73 Å². The average molecular weight is 468 g/mol. The number of nitrogens with zero attached hydrogens (tertiary/aromatic N) is 2. The van der Waals surface area contributed by atoms with E-state index in [0.717, 1.165) is 51.4 Å². The first-order valence-electron chi connectivity index (χ1n) is 9.28. The van der Waals surface area contributed by atoms with Gasteiger partial charge in [0.25, 0.3) is 0 Å². The van der Waals surface area contributed by atoms with Crippen molar-refractivity contribution in [3.8, 4) is 0 Å². The first-order valence-corrected chi connectivity index (χ1v) is 9.28. The Morgan fingerprint density at radius 3 is 2.60 bits per heavy atom. The number of aliphatic imine (C=N–C) groups is 1. The Kier molecular flexibility index (Phi) is 11.5. The number of ether oxygens (including phenoxy) is 1. The summed E-state index contributed by atoms with van der Waals surface area (Å²) >= 11 is 0. The normalized spacial score (nSPS) is 19.7. The molecule has 0 aromatic rings. The van der Waals surface area contributed by atoms with E-state index in [-0.39, 0.29) is 30.1 Å². The van der Waals surface area contributed by atoms with E-state index < -0.39 is 5.60 Å². The minimum absolute atomic E-state index is 0. The Hall–Kier alpha value is -0.730. The SMILES string of the molecule is CCNC(=NCC1CCCN(C(=O)OC(C)(C)C)C1)NC(C)CC.I. The van der Waals surface area contributed by atoms with Gasteiger partial charge in [-0.15, -0.1) is 24.0 Å². The fourth-order valence-corrected chi connectivity index (χ4v) is 2.58. The summed E-state index contributed by atoms with van der Waals surface area (Å²) in [6.45, 7) is 15.2. The van der Waals surface area contributed by atoms with E-state index in [1.54, 1.807) is 0 Å². The van der Waals surface area contributed by atoms with Crippen molar-refractivity contribution in [2.45, 2.75) is 72.4 Å². The number of hydrogen-bond donors (Lipinski definition) is 2. The van der Waals surface area contributed by atoms with E-state index in [9.17, 15) is 4.79 Å². The average Bonchev–Trinajstić information content (AvgIpc) is 2.51. The molecule has 0 radical (unpaired) electrons. The second kappa shape index (κ2) is 11.8. The van der Waals surface area contributed by atoms with Crippen molar-refractivity contribution in [2.24, 2.45) is 10.9 Å². The lowest BCUT2D eigenvalue weighted by atomic mass is 9.98. The van der Waals surface area contributed by atoms with Gasteiger partial charge < -0.3 is 20.3 Å². The third-order valence-corrected chi connectivity index (χ3v) is 4.02. The van der Waals surface area contributed by atoms with Gasteiger partial charge in [-0.05, 0) is 59.8 Å². The predicted octanol–water partition coefficient (Wildman–Crippen LogP) is 3.61. The molecule has 6 nitrogen and oxygen atoms in total. The third-order valence-electron chi connectivity index (χ3n) is 4.02. The third kappa shape index (κ3) is 10.1. The van der Waals surface area contributed by atoms with E-state index in [0.29, 0.717) is 12.0 Å². The summed E-state index contributed by atoms with van der Waals surface area (Å²) in [5.41, 5.74) is -0.444. The van der Waals surface area contributed by atoms with Crippen LogP contribution in [0.15, 0.2) is 4.99 Å². The first kappa shape index (κ1) is 24.3. The number of hydrogen-bond acceptors (Lipinski definition) is 3. The number of piperidine rings is 1. The highest BCUT2D eigenvalue weighted by Gasteiger charge is 2.27. The van der Waals surface area contributed by atoms with Crippen LogP contribution in [0, 0.1) is 5.92 Å². The van der Waals surface area contributed by atoms with Gasteiger partial charge in [0.1, 0.15) is 5.60 Å². The lowest BCUT2D eigenvalue weighted by Crippen LogP contribution is -2.44. The molecule has 0 spiro atoms. The molecule has 25 heavy (non-hydrogen) atoms. The van der Waals surface area contributed by atoms with Crippen LogP contribution in [0.3, 0.4) is 0 Å². The molecule has 1 aliphatic heterocycles. The van der Waals surface area contributed by atoms with E-state index >= 15 is 0 Å². The molecule has 0 aromatic carbocycles. The van der Waals surface area contributed by atoms with Crippen LogP contribution in [0.4, 0.5) is 4.79 Å². The van der Waals surface area contributed by atoms with Crippen molar-refractivity contribution in [2.75, 3.05) is 26.2 Å². The first-order chi connectivity index (χ1) is 11.2. The van der Waals surface area contributed by atoms with Crippen LogP contribution in [0.1, 0.15) is 60.8 Å². The second-order valence-electron chi connectivity index (χ2n) is 7.61. The molecule has 7 heteroatoms. The predicted molar refractivity (Wildman–Crippen MR) is 115 cm³/mol. The number of carbonyl (C=O) groups excluding carboxylic acids is 1. The van der Waals surface area contributed by atoms with Crippen molar-refractivity contribution in [3.05, 3.63) is 0 Å². The molecule has 0 aromatic heterocycles. The van der Waals surface area contributed by atoms with Gasteiger partial charge in [0.2, 0.25) is 0 Å². The highest BCUT2D eigenvalue weighted by Crippen LogP contribution is 2.19. The van der Waals surface area contributed by atoms with Gasteiger partial charge in [-0.3, -0.25) is 4.99 Å². The molecule has 2 unspecified atom stereocenters. The summed E-state index contributed by atoms with van der Waals surface area (Å²) in [5.74, 6) is 1.25. The Labute approximate surface area is 170 Å². The van der Waals surface area contributed by atoms with Crippen LogP contribution in [0.5, 0.6) is 0 Å². The van der Waals surface area contributed by atoms with Gasteiger partial charge >= 0.3 is 6.09 Å². The summed E-state index contributed by atoms with van der Waals surface area (Å²) < 4.78 is 5.48. The van der Waals surface area contributed by atoms with Gasteiger partial charge in [-0.25, -0.2) is 4.79 Å². The Balaban J connectivity index is 0.00000576. The number of amides is 1. The molecule has 1 saturated heterocycles. The van der Waals surface area contributed by atoms with Crippen molar-refractivity contribution >= 4 is 36.0 Å². The number of nitrogens with one attached hydrogen (secondary N) is 2. The molecule has 1 aliphatic rings. The maximum Gasteiger partial charge on any atom is 0.410 e. The molecule has 2 atom stereocenters. The highest BCUT2D eigenvalue weighted by atomic mass is 127. The van der Waals surface area contributed by atoms with E-state index in [1.165, 1.54) is 0 Å². The van der Waals surface area contributed by atoms with Crippen molar-refractivity contribution in [1.29, 1.82) is 0 Å². The molecule has 1 amide bonds. The van der Waals surface area contributed by atoms with Crippen LogP contribution < -0.4 is 10.6 Å². The van der Waals surface area contributed by atoms with Crippen LogP contribution >= 0.6 is 24.0 Å². The summed E-state index contributed by atoms with van der Waals surface area (Å²) in [5, 5.41) is 6.69. The minimum Gasteiger partial charge on any atom is -0.444 e. The quantitative estimate of drug-likeness (QED) is 0.368. The zero-order chi connectivity index (χ0) is 18.2. The fourth-order valence-electron chi connectivity index (χ4n) is 2.58. The largest absolute Gasteiger partial charge is 0.444 e. The number of carbonyl (C=O) groups is 1. The molecule has 0 aliphatic carbocycles. The lowest BCUT2D eigenvalue weighted by molar-refractivity contribution is 0.0170. The summed E-state index contributed by atoms with van der Waals surface area (Å²) in [7, 11) is 0. The highest BCUT2D eigenvalue weighted by molar-refractivity contribution is 14.0. The molecule has 1 fully saturated rings. The zero-order valence-electron chi connectivity index (χ0n) is 16.7. The van der Waals surface area contributed by atoms with Crippen LogP contribution in [0.2, 0.25) is 0 Å². The molecular formula is C18H37IN4O2. The topological polar surface area (TPSA) is 66.0 Å². The van der Waals surface area contributed by atoms with Gasteiger partial charge in [-0.2, -0.15) is 0 Å². The lowest BCUT2D eigenvalue weighted by Gasteiger charge is -2.33. The molecule has 0 saturated carbocycles. The Morgan fingerprint density at radius 2 is 2.04 bits per heavy atom. The van der Waals surface area contributed by atoms with Crippen LogP contribution in [-0.4, -0.2) is 54.8 Å². The van der Waals surface area contributed by atoms with Gasteiger partial charge in [0.05, 0.1) is 0 Å². The summed E-state index contributed by atoms with van der Waals surface area (Å²) in [6, 6.07) is 0.396. The van der Waals surface area contributed by atoms with Gasteiger partial charge in [0.15, 0.2) is 5.96 Å². The smallest absolute Gasteiger partial charge is 0.410 e. The Morgan fingerprint density at radius 1 is 1.36 bits per heavy atom. The monoisotopic (exact) mass is 468 g/mol. The Bertz CT molecular complexity index is 424. The maximum absolute atomic E-state index is 12.2. The zero-order valence-corrected chi connectivity index (χ0v) is 19.1. The number of likely N-dealkylation sites (tertiary alicyclic amines) is 1. The standard InChI is InChI=1S/C18H36N4O2.HI/c1-7-14(3)21-16(19-8-2)20-12-15-10-9-11-22(13-15)17(23)24-18(4,5)6;/h14-15H,7-13H2,1-6H3,(H2,19,20,21);1H. The van der Waals surface area contributed by atoms with Crippen molar-refractivity contribution < 1.29 is 9.53 Å². The molecular weight excluding hydrogens is 431 g/mol. The second-order valence-corrected chi connectivity index (χ2v) is 7.61. The van der Waals surface area contributed by atoms with Crippen LogP contribution in [0.25, 0.3) is 0 Å². The molecule has 0 bridgehead atoms. The minimum atomic E-state index is -0.444. The van der Waals surface area contributed by atoms with Gasteiger partial charge in [-0.1, -0.05) is 6.92 Å². The van der Waals surface area contributed by atoms with E-state index in [1.807, 2.05) is 25.7 Å². The molecule has 2 N–H and O–H groups in total. The number of guanidine groups is 1. The molecule has 1 rings (SSSR count). The summed E-state index contributed by atoms with van der Waals surface area (Å²) in [4.78, 5) is 18.8.